The standard InChI is InChI=1S/C46H80NO8P/c1-4-6-8-10-12-14-16-18-20-21-22-23-25-27-29-31-33-35-37-39-46(49)55-44(43-54-56(50,51)53-41-40-47-3)42-52-45(48)38-36-34-32-30-28-26-24-19-17-15-13-11-9-7-5-2/h12-15,18-20,22-24,27,29,44,47H,4-11,16-17,21,25-26,28,30-43H2,1-3H3,(H,50,51)/b14-12-,15-13-,20-18-,23-22-,24-19-,29-27-. The average Bonchev–Trinajstić information content (AvgIpc) is 3.18. The second-order valence-corrected chi connectivity index (χ2v) is 15.6. The van der Waals surface area contributed by atoms with Crippen molar-refractivity contribution in [3.63, 3.8) is 0 Å². The number of nitrogens with one attached hydrogen (secondary N) is 1. The van der Waals surface area contributed by atoms with Gasteiger partial charge in [0.25, 0.3) is 0 Å². The van der Waals surface area contributed by atoms with Gasteiger partial charge in [0.05, 0.1) is 13.2 Å². The minimum Gasteiger partial charge on any atom is -0.462 e. The molecule has 0 heterocycles. The summed E-state index contributed by atoms with van der Waals surface area (Å²) in [6.07, 6.45) is 49.4. The average molecular weight is 806 g/mol. The summed E-state index contributed by atoms with van der Waals surface area (Å²) in [6.45, 7) is 4.10. The predicted molar refractivity (Wildman–Crippen MR) is 233 cm³/mol. The van der Waals surface area contributed by atoms with Gasteiger partial charge in [0.1, 0.15) is 6.61 Å². The van der Waals surface area contributed by atoms with Gasteiger partial charge in [-0.2, -0.15) is 0 Å². The smallest absolute Gasteiger partial charge is 0.462 e. The summed E-state index contributed by atoms with van der Waals surface area (Å²) < 4.78 is 33.1. The molecule has 0 bridgehead atoms. The van der Waals surface area contributed by atoms with Crippen molar-refractivity contribution in [3.05, 3.63) is 72.9 Å². The van der Waals surface area contributed by atoms with Crippen molar-refractivity contribution >= 4 is 19.8 Å². The highest BCUT2D eigenvalue weighted by atomic mass is 31.2. The lowest BCUT2D eigenvalue weighted by atomic mass is 10.1. The molecule has 0 radical (unpaired) electrons. The Morgan fingerprint density at radius 1 is 0.554 bits per heavy atom. The van der Waals surface area contributed by atoms with Crippen LogP contribution in [0.15, 0.2) is 72.9 Å². The van der Waals surface area contributed by atoms with E-state index in [-0.39, 0.29) is 26.1 Å². The summed E-state index contributed by atoms with van der Waals surface area (Å²) in [5, 5.41) is 2.82. The van der Waals surface area contributed by atoms with Crippen molar-refractivity contribution in [3.8, 4) is 0 Å². The number of phosphoric ester groups is 1. The van der Waals surface area contributed by atoms with Crippen molar-refractivity contribution in [2.45, 2.75) is 174 Å². The molecule has 0 amide bonds. The molecular formula is C46H80NO8P. The first-order chi connectivity index (χ1) is 27.3. The van der Waals surface area contributed by atoms with Gasteiger partial charge in [0, 0.05) is 19.4 Å². The normalized spacial score (nSPS) is 14.0. The fraction of sp³-hybridized carbons (Fsp3) is 0.696. The zero-order chi connectivity index (χ0) is 41.1. The third-order valence-corrected chi connectivity index (χ3v) is 9.78. The molecule has 0 aliphatic carbocycles. The number of carbonyl (C=O) groups is 2. The van der Waals surface area contributed by atoms with E-state index in [0.717, 1.165) is 77.0 Å². The van der Waals surface area contributed by atoms with Crippen LogP contribution in [0, 0.1) is 0 Å². The molecule has 9 nitrogen and oxygen atoms in total. The molecule has 0 spiro atoms. The topological polar surface area (TPSA) is 120 Å². The molecule has 2 unspecified atom stereocenters. The Bertz CT molecular complexity index is 1150. The van der Waals surface area contributed by atoms with Gasteiger partial charge in [-0.25, -0.2) is 4.57 Å². The molecule has 0 fully saturated rings. The largest absolute Gasteiger partial charge is 0.472 e. The van der Waals surface area contributed by atoms with Gasteiger partial charge in [-0.05, 0) is 96.9 Å². The highest BCUT2D eigenvalue weighted by Gasteiger charge is 2.26. The second kappa shape index (κ2) is 42.1. The van der Waals surface area contributed by atoms with E-state index < -0.39 is 32.5 Å². The first-order valence-electron chi connectivity index (χ1n) is 21.9. The number of carbonyl (C=O) groups excluding carboxylic acids is 2. The molecule has 0 aromatic rings. The van der Waals surface area contributed by atoms with Gasteiger partial charge in [0.15, 0.2) is 6.10 Å². The Morgan fingerprint density at radius 3 is 1.45 bits per heavy atom. The van der Waals surface area contributed by atoms with Gasteiger partial charge in [-0.1, -0.05) is 138 Å². The van der Waals surface area contributed by atoms with Crippen LogP contribution in [-0.4, -0.2) is 56.3 Å². The zero-order valence-electron chi connectivity index (χ0n) is 35.6. The number of phosphoric acid groups is 1. The number of likely N-dealkylation sites (N-methyl/N-ethyl adjacent to an activating group) is 1. The molecule has 2 atom stereocenters. The second-order valence-electron chi connectivity index (χ2n) is 14.2. The quantitative estimate of drug-likeness (QED) is 0.0270. The Balaban J connectivity index is 4.33. The molecule has 10 heteroatoms. The van der Waals surface area contributed by atoms with Crippen LogP contribution in [-0.2, 0) is 32.7 Å². The number of allylic oxidation sites excluding steroid dienone is 12. The Kier molecular flexibility index (Phi) is 40.2. The van der Waals surface area contributed by atoms with E-state index in [2.05, 4.69) is 92.1 Å². The molecular weight excluding hydrogens is 725 g/mol. The summed E-state index contributed by atoms with van der Waals surface area (Å²) in [5.41, 5.74) is 0. The highest BCUT2D eigenvalue weighted by Crippen LogP contribution is 2.43. The minimum atomic E-state index is -4.37. The lowest BCUT2D eigenvalue weighted by Crippen LogP contribution is -2.29. The molecule has 0 aliphatic heterocycles. The van der Waals surface area contributed by atoms with Crippen LogP contribution < -0.4 is 5.32 Å². The lowest BCUT2D eigenvalue weighted by molar-refractivity contribution is -0.161. The maximum absolute atomic E-state index is 12.6. The summed E-state index contributed by atoms with van der Waals surface area (Å²) in [7, 11) is -2.67. The lowest BCUT2D eigenvalue weighted by Gasteiger charge is -2.20. The number of hydrogen-bond acceptors (Lipinski definition) is 8. The van der Waals surface area contributed by atoms with Gasteiger partial charge >= 0.3 is 19.8 Å². The van der Waals surface area contributed by atoms with Crippen LogP contribution in [0.25, 0.3) is 0 Å². The number of unbranched alkanes of at least 4 members (excludes halogenated alkanes) is 14. The first kappa shape index (κ1) is 53.5. The van der Waals surface area contributed by atoms with E-state index in [1.165, 1.54) is 51.4 Å². The predicted octanol–water partition coefficient (Wildman–Crippen LogP) is 12.5. The summed E-state index contributed by atoms with van der Waals surface area (Å²) >= 11 is 0. The third kappa shape index (κ3) is 41.1. The van der Waals surface area contributed by atoms with Crippen LogP contribution in [0.2, 0.25) is 0 Å². The molecule has 322 valence electrons. The van der Waals surface area contributed by atoms with Crippen LogP contribution in [0.4, 0.5) is 0 Å². The molecule has 0 saturated heterocycles. The fourth-order valence-corrected chi connectivity index (χ4v) is 6.20. The van der Waals surface area contributed by atoms with Crippen LogP contribution in [0.1, 0.15) is 168 Å². The van der Waals surface area contributed by atoms with Crippen molar-refractivity contribution < 1.29 is 37.6 Å². The van der Waals surface area contributed by atoms with E-state index in [1.807, 2.05) is 0 Å². The van der Waals surface area contributed by atoms with Gasteiger partial charge in [-0.15, -0.1) is 0 Å². The fourth-order valence-electron chi connectivity index (χ4n) is 5.45. The van der Waals surface area contributed by atoms with Crippen LogP contribution in [0.5, 0.6) is 0 Å². The van der Waals surface area contributed by atoms with E-state index in [0.29, 0.717) is 19.4 Å². The number of esters is 2. The van der Waals surface area contributed by atoms with Gasteiger partial charge in [0.2, 0.25) is 0 Å². The maximum atomic E-state index is 12.6. The SMILES string of the molecule is CCCCC/C=C\C/C=C\C/C=C\C/C=C\CCCCCC(=O)OC(COC(=O)CCCCCCC/C=C\C/C=C\CCCCC)COP(=O)(O)OCCNC. The molecule has 0 aliphatic rings. The molecule has 2 N–H and O–H groups in total. The molecule has 0 rings (SSSR count). The summed E-state index contributed by atoms with van der Waals surface area (Å²) in [6, 6.07) is 0. The monoisotopic (exact) mass is 806 g/mol. The Labute approximate surface area is 342 Å². The molecule has 0 aromatic heterocycles. The van der Waals surface area contributed by atoms with Crippen LogP contribution >= 0.6 is 7.82 Å². The molecule has 0 saturated carbocycles. The number of hydrogen-bond donors (Lipinski definition) is 2. The maximum Gasteiger partial charge on any atom is 0.472 e. The van der Waals surface area contributed by atoms with Gasteiger partial charge in [-0.3, -0.25) is 18.6 Å². The van der Waals surface area contributed by atoms with Crippen molar-refractivity contribution in [2.75, 3.05) is 33.4 Å². The van der Waals surface area contributed by atoms with Crippen molar-refractivity contribution in [1.29, 1.82) is 0 Å². The van der Waals surface area contributed by atoms with Crippen molar-refractivity contribution in [1.82, 2.24) is 5.32 Å². The number of rotatable bonds is 40. The zero-order valence-corrected chi connectivity index (χ0v) is 36.5. The van der Waals surface area contributed by atoms with Crippen LogP contribution in [0.3, 0.4) is 0 Å². The first-order valence-corrected chi connectivity index (χ1v) is 23.4. The van der Waals surface area contributed by atoms with Gasteiger partial charge < -0.3 is 19.7 Å². The van der Waals surface area contributed by atoms with E-state index in [9.17, 15) is 19.0 Å². The van der Waals surface area contributed by atoms with E-state index >= 15 is 0 Å². The molecule has 0 aromatic carbocycles. The van der Waals surface area contributed by atoms with E-state index in [4.69, 9.17) is 18.5 Å². The Hall–Kier alpha value is -2.55. The summed E-state index contributed by atoms with van der Waals surface area (Å²) in [4.78, 5) is 35.1. The number of ether oxygens (including phenoxy) is 2. The Morgan fingerprint density at radius 2 is 0.964 bits per heavy atom. The molecule has 56 heavy (non-hydrogen) atoms. The van der Waals surface area contributed by atoms with Crippen molar-refractivity contribution in [2.24, 2.45) is 0 Å². The minimum absolute atomic E-state index is 0.0294. The third-order valence-electron chi connectivity index (χ3n) is 8.80. The summed E-state index contributed by atoms with van der Waals surface area (Å²) in [5.74, 6) is -0.865. The van der Waals surface area contributed by atoms with E-state index in [1.54, 1.807) is 7.05 Å². The highest BCUT2D eigenvalue weighted by molar-refractivity contribution is 7.47.